The Morgan fingerprint density at radius 3 is 1.21 bits per heavy atom. The molecule has 3 aromatic carbocycles. The first kappa shape index (κ1) is 23.3. The van der Waals surface area contributed by atoms with Crippen LogP contribution in [0.2, 0.25) is 0 Å². The molecule has 8 heteroatoms. The molecule has 158 valence electrons. The third-order valence-electron chi connectivity index (χ3n) is 3.77. The van der Waals surface area contributed by atoms with Crippen molar-refractivity contribution in [1.29, 1.82) is 0 Å². The molecule has 0 aliphatic carbocycles. The molecule has 0 radical (unpaired) electrons. The Labute approximate surface area is 169 Å². The summed E-state index contributed by atoms with van der Waals surface area (Å²) in [5.74, 6) is 0. The summed E-state index contributed by atoms with van der Waals surface area (Å²) in [5, 5.41) is 0. The molecule has 0 saturated carbocycles. The zero-order valence-electron chi connectivity index (χ0n) is 16.1. The standard InChI is InChI=1S/C21H21S.F6P/c1-16-14-17(2)21(18(3)15-16)22(19-10-6-4-7-11-19)20-12-8-5-9-13-20;1-7(2,3,4,5)6/h4-15H,1-3H3;/q+1;-1. The maximum atomic E-state index is 9.87. The monoisotopic (exact) mass is 450 g/mol. The molecule has 0 saturated heterocycles. The van der Waals surface area contributed by atoms with Crippen LogP contribution in [0.25, 0.3) is 0 Å². The van der Waals surface area contributed by atoms with E-state index in [1.807, 2.05) is 0 Å². The Kier molecular flexibility index (Phi) is 6.18. The van der Waals surface area contributed by atoms with Crippen molar-refractivity contribution in [3.63, 3.8) is 0 Å². The molecule has 29 heavy (non-hydrogen) atoms. The number of hydrogen-bond donors (Lipinski definition) is 0. The van der Waals surface area contributed by atoms with Crippen LogP contribution in [0.4, 0.5) is 25.2 Å². The van der Waals surface area contributed by atoms with Crippen molar-refractivity contribution < 1.29 is 25.2 Å². The molecule has 0 N–H and O–H groups in total. The van der Waals surface area contributed by atoms with Crippen molar-refractivity contribution in [2.24, 2.45) is 0 Å². The van der Waals surface area contributed by atoms with E-state index in [1.54, 1.807) is 0 Å². The SMILES string of the molecule is Cc1cc(C)c([S+](c2ccccc2)c2ccccc2)c(C)c1.F[P-](F)(F)(F)(F)F. The number of aryl methyl sites for hydroxylation is 3. The van der Waals surface area contributed by atoms with E-state index in [0.717, 1.165) is 0 Å². The summed E-state index contributed by atoms with van der Waals surface area (Å²) >= 11 is 0. The third kappa shape index (κ3) is 8.50. The van der Waals surface area contributed by atoms with E-state index in [4.69, 9.17) is 0 Å². The van der Waals surface area contributed by atoms with Crippen LogP contribution in [0.15, 0.2) is 87.5 Å². The fourth-order valence-corrected chi connectivity index (χ4v) is 5.34. The van der Waals surface area contributed by atoms with Crippen molar-refractivity contribution in [3.05, 3.63) is 89.5 Å². The predicted molar refractivity (Wildman–Crippen MR) is 109 cm³/mol. The van der Waals surface area contributed by atoms with E-state index in [1.165, 1.54) is 31.4 Å². The molecule has 3 aromatic rings. The van der Waals surface area contributed by atoms with Gasteiger partial charge in [-0.15, -0.1) is 0 Å². The average molecular weight is 450 g/mol. The Bertz CT molecular complexity index is 897. The molecule has 3 rings (SSSR count). The van der Waals surface area contributed by atoms with Crippen LogP contribution in [0, 0.1) is 20.8 Å². The van der Waals surface area contributed by atoms with E-state index in [9.17, 15) is 25.2 Å². The molecule has 0 aliphatic heterocycles. The molecule has 0 spiro atoms. The van der Waals surface area contributed by atoms with Crippen molar-refractivity contribution in [2.45, 2.75) is 35.5 Å². The third-order valence-corrected chi connectivity index (χ3v) is 6.31. The fourth-order valence-electron chi connectivity index (χ4n) is 2.97. The zero-order chi connectivity index (χ0) is 21.9. The van der Waals surface area contributed by atoms with Gasteiger partial charge < -0.3 is 0 Å². The van der Waals surface area contributed by atoms with Crippen LogP contribution in [-0.2, 0) is 10.9 Å². The summed E-state index contributed by atoms with van der Waals surface area (Å²) in [6, 6.07) is 26.3. The van der Waals surface area contributed by atoms with Gasteiger partial charge in [-0.1, -0.05) is 54.1 Å². The minimum absolute atomic E-state index is 0.0460. The summed E-state index contributed by atoms with van der Waals surface area (Å²) in [6.07, 6.45) is 0. The van der Waals surface area contributed by atoms with E-state index in [0.29, 0.717) is 0 Å². The maximum absolute atomic E-state index is 10.7. The minimum atomic E-state index is -10.7. The summed E-state index contributed by atoms with van der Waals surface area (Å²) in [7, 11) is -10.7. The number of halogens is 6. The molecule has 0 fully saturated rings. The van der Waals surface area contributed by atoms with Gasteiger partial charge in [0.05, 0.1) is 10.9 Å². The molecule has 0 aliphatic rings. The number of rotatable bonds is 3. The second-order valence-corrected chi connectivity index (χ2v) is 10.5. The Morgan fingerprint density at radius 1 is 0.586 bits per heavy atom. The van der Waals surface area contributed by atoms with Gasteiger partial charge in [-0.05, 0) is 45.0 Å². The van der Waals surface area contributed by atoms with E-state index < -0.39 is 7.81 Å². The second kappa shape index (κ2) is 7.69. The molecule has 0 heterocycles. The van der Waals surface area contributed by atoms with E-state index in [-0.39, 0.29) is 10.9 Å². The quantitative estimate of drug-likeness (QED) is 0.212. The van der Waals surface area contributed by atoms with Crippen molar-refractivity contribution in [1.82, 2.24) is 0 Å². The Morgan fingerprint density at radius 2 is 0.897 bits per heavy atom. The van der Waals surface area contributed by atoms with E-state index in [2.05, 4.69) is 93.6 Å². The topological polar surface area (TPSA) is 0 Å². The first-order valence-electron chi connectivity index (χ1n) is 8.60. The summed E-state index contributed by atoms with van der Waals surface area (Å²) in [4.78, 5) is 4.22. The normalized spacial score (nSPS) is 13.9. The molecule has 0 aromatic heterocycles. The van der Waals surface area contributed by atoms with E-state index >= 15 is 0 Å². The van der Waals surface area contributed by atoms with Gasteiger partial charge in [-0.25, -0.2) is 0 Å². The van der Waals surface area contributed by atoms with Gasteiger partial charge >= 0.3 is 33.0 Å². The molecule has 0 unspecified atom stereocenters. The molecule has 0 nitrogen and oxygen atoms in total. The molecule has 0 amide bonds. The summed E-state index contributed by atoms with van der Waals surface area (Å²) in [5.41, 5.74) is 4.10. The van der Waals surface area contributed by atoms with Gasteiger partial charge in [0, 0.05) is 11.1 Å². The predicted octanol–water partition coefficient (Wildman–Crippen LogP) is 9.09. The molecule has 0 atom stereocenters. The van der Waals surface area contributed by atoms with Gasteiger partial charge in [0.25, 0.3) is 0 Å². The van der Waals surface area contributed by atoms with Crippen LogP contribution >= 0.6 is 7.81 Å². The molecule has 0 bridgehead atoms. The molecular weight excluding hydrogens is 429 g/mol. The van der Waals surface area contributed by atoms with Crippen LogP contribution < -0.4 is 0 Å². The molecular formula is C21H21F6PS. The van der Waals surface area contributed by atoms with Crippen molar-refractivity contribution >= 4 is 18.7 Å². The Balaban J connectivity index is 0.000000370. The van der Waals surface area contributed by atoms with Crippen LogP contribution in [0.3, 0.4) is 0 Å². The van der Waals surface area contributed by atoms with Crippen LogP contribution in [-0.4, -0.2) is 0 Å². The zero-order valence-corrected chi connectivity index (χ0v) is 17.8. The van der Waals surface area contributed by atoms with Gasteiger partial charge in [0.1, 0.15) is 0 Å². The summed E-state index contributed by atoms with van der Waals surface area (Å²) in [6.45, 7) is 6.65. The number of benzene rings is 3. The van der Waals surface area contributed by atoms with Crippen molar-refractivity contribution in [2.75, 3.05) is 0 Å². The fraction of sp³-hybridized carbons (Fsp3) is 0.143. The van der Waals surface area contributed by atoms with Crippen molar-refractivity contribution in [3.8, 4) is 0 Å². The van der Waals surface area contributed by atoms with Gasteiger partial charge in [0.2, 0.25) is 0 Å². The average Bonchev–Trinajstić information content (AvgIpc) is 2.57. The first-order valence-corrected chi connectivity index (χ1v) is 11.9. The first-order chi connectivity index (χ1) is 13.1. The van der Waals surface area contributed by atoms with Gasteiger partial charge in [-0.2, -0.15) is 0 Å². The second-order valence-electron chi connectivity index (χ2n) is 6.62. The van der Waals surface area contributed by atoms with Gasteiger partial charge in [0.15, 0.2) is 14.7 Å². The Hall–Kier alpha value is -1.98. The van der Waals surface area contributed by atoms with Crippen LogP contribution in [0.1, 0.15) is 16.7 Å². The van der Waals surface area contributed by atoms with Gasteiger partial charge in [-0.3, -0.25) is 0 Å². The number of hydrogen-bond acceptors (Lipinski definition) is 0. The van der Waals surface area contributed by atoms with Crippen LogP contribution in [0.5, 0.6) is 0 Å². The summed E-state index contributed by atoms with van der Waals surface area (Å²) < 4.78 is 59.2.